The number of hydrogen-bond acceptors (Lipinski definition) is 5. The van der Waals surface area contributed by atoms with Gasteiger partial charge in [0, 0.05) is 12.1 Å². The van der Waals surface area contributed by atoms with Gasteiger partial charge in [-0.1, -0.05) is 0 Å². The van der Waals surface area contributed by atoms with Gasteiger partial charge in [-0.3, -0.25) is 4.98 Å². The van der Waals surface area contributed by atoms with Gasteiger partial charge in [-0.15, -0.1) is 0 Å². The molecule has 2 aromatic rings. The first-order valence-corrected chi connectivity index (χ1v) is 9.68. The van der Waals surface area contributed by atoms with Gasteiger partial charge in [-0.05, 0) is 43.2 Å². The zero-order valence-electron chi connectivity index (χ0n) is 12.6. The molecule has 0 radical (unpaired) electrons. The Bertz CT molecular complexity index is 836. The van der Waals surface area contributed by atoms with Crippen molar-refractivity contribution >= 4 is 26.7 Å². The van der Waals surface area contributed by atoms with Crippen molar-refractivity contribution in [3.63, 3.8) is 0 Å². The van der Waals surface area contributed by atoms with E-state index in [1.54, 1.807) is 12.3 Å². The Morgan fingerprint density at radius 1 is 1.09 bits per heavy atom. The summed E-state index contributed by atoms with van der Waals surface area (Å²) >= 11 is 0. The number of nitrogens with zero attached hydrogens (tertiary/aromatic N) is 2. The molecule has 1 aromatic heterocycles. The van der Waals surface area contributed by atoms with Gasteiger partial charge >= 0.3 is 0 Å². The number of hydrogen-bond donors (Lipinski definition) is 1. The Balaban J connectivity index is 1.52. The van der Waals surface area contributed by atoms with Crippen molar-refractivity contribution in [1.82, 2.24) is 9.97 Å². The average molecular weight is 335 g/mol. The van der Waals surface area contributed by atoms with Crippen molar-refractivity contribution in [3.05, 3.63) is 30.2 Å². The number of halogens is 1. The molecule has 2 aliphatic rings. The van der Waals surface area contributed by atoms with Crippen LogP contribution in [0, 0.1) is 17.7 Å². The van der Waals surface area contributed by atoms with E-state index in [-0.39, 0.29) is 23.7 Å². The molecular formula is C16H18FN3O2S. The highest BCUT2D eigenvalue weighted by atomic mass is 32.2. The van der Waals surface area contributed by atoms with E-state index < -0.39 is 9.84 Å². The molecule has 1 aliphatic carbocycles. The van der Waals surface area contributed by atoms with E-state index in [4.69, 9.17) is 0 Å². The monoisotopic (exact) mass is 335 g/mol. The largest absolute Gasteiger partial charge is 0.366 e. The molecule has 1 saturated carbocycles. The highest BCUT2D eigenvalue weighted by Crippen LogP contribution is 2.36. The van der Waals surface area contributed by atoms with Gasteiger partial charge in [0.15, 0.2) is 9.84 Å². The number of anilines is 1. The number of fused-ring (bicyclic) bond motifs is 3. The molecule has 0 spiro atoms. The minimum absolute atomic E-state index is 0.203. The third-order valence-electron chi connectivity index (χ3n) is 4.74. The molecule has 1 aliphatic heterocycles. The molecular weight excluding hydrogens is 317 g/mol. The smallest absolute Gasteiger partial charge is 0.150 e. The first-order chi connectivity index (χ1) is 11.0. The maximum atomic E-state index is 13.3. The summed E-state index contributed by atoms with van der Waals surface area (Å²) in [5.41, 5.74) is 1.18. The maximum Gasteiger partial charge on any atom is 0.150 e. The third-order valence-corrected chi connectivity index (χ3v) is 6.70. The van der Waals surface area contributed by atoms with Crippen LogP contribution in [0.4, 0.5) is 10.2 Å². The van der Waals surface area contributed by atoms with Crippen LogP contribution >= 0.6 is 0 Å². The summed E-state index contributed by atoms with van der Waals surface area (Å²) in [5.74, 6) is 1.36. The summed E-state index contributed by atoms with van der Waals surface area (Å²) in [6.45, 7) is 0. The second-order valence-electron chi connectivity index (χ2n) is 6.75. The molecule has 2 fully saturated rings. The molecule has 7 heteroatoms. The van der Waals surface area contributed by atoms with Gasteiger partial charge in [0.25, 0.3) is 0 Å². The number of sulfone groups is 1. The molecule has 122 valence electrons. The minimum atomic E-state index is -2.87. The van der Waals surface area contributed by atoms with Gasteiger partial charge in [-0.25, -0.2) is 17.8 Å². The van der Waals surface area contributed by atoms with Crippen LogP contribution in [0.1, 0.15) is 19.3 Å². The Hall–Kier alpha value is -1.76. The summed E-state index contributed by atoms with van der Waals surface area (Å²) in [7, 11) is -2.87. The fourth-order valence-electron chi connectivity index (χ4n) is 4.00. The van der Waals surface area contributed by atoms with E-state index in [1.165, 1.54) is 12.1 Å². The van der Waals surface area contributed by atoms with E-state index in [0.717, 1.165) is 19.3 Å². The highest BCUT2D eigenvalue weighted by Gasteiger charge is 2.38. The van der Waals surface area contributed by atoms with E-state index >= 15 is 0 Å². The zero-order chi connectivity index (χ0) is 16.0. The van der Waals surface area contributed by atoms with Crippen molar-refractivity contribution in [3.8, 4) is 0 Å². The van der Waals surface area contributed by atoms with Crippen LogP contribution in [-0.4, -0.2) is 35.9 Å². The van der Waals surface area contributed by atoms with Gasteiger partial charge in [-0.2, -0.15) is 0 Å². The van der Waals surface area contributed by atoms with Gasteiger partial charge in [0.05, 0.1) is 28.7 Å². The lowest BCUT2D eigenvalue weighted by atomic mass is 9.80. The predicted octanol–water partition coefficient (Wildman–Crippen LogP) is 2.39. The fraction of sp³-hybridized carbons (Fsp3) is 0.500. The second kappa shape index (κ2) is 5.40. The molecule has 23 heavy (non-hydrogen) atoms. The summed E-state index contributed by atoms with van der Waals surface area (Å²) in [4.78, 5) is 8.72. The molecule has 1 N–H and O–H groups in total. The molecule has 1 aromatic carbocycles. The Labute approximate surface area is 134 Å². The SMILES string of the molecule is O=S1(=O)C[C@@H]2CC(Nc3cnc4ccc(F)cc4n3)C[C@@H](C2)C1. The Kier molecular flexibility index (Phi) is 3.48. The van der Waals surface area contributed by atoms with Gasteiger partial charge < -0.3 is 5.32 Å². The van der Waals surface area contributed by atoms with Crippen LogP contribution in [0.25, 0.3) is 11.0 Å². The van der Waals surface area contributed by atoms with Crippen molar-refractivity contribution < 1.29 is 12.8 Å². The quantitative estimate of drug-likeness (QED) is 0.912. The van der Waals surface area contributed by atoms with Crippen LogP contribution in [0.15, 0.2) is 24.4 Å². The van der Waals surface area contributed by atoms with Crippen LogP contribution in [0.2, 0.25) is 0 Å². The standard InChI is InChI=1S/C16H18FN3O2S/c17-12-1-2-14-15(6-12)20-16(7-18-14)19-13-4-10-3-11(5-13)9-23(21,22)8-10/h1-2,6-7,10-11,13H,3-5,8-9H2,(H,19,20)/t10-,11+,13?. The second-order valence-corrected chi connectivity index (χ2v) is 8.90. The van der Waals surface area contributed by atoms with Crippen molar-refractivity contribution in [2.75, 3.05) is 16.8 Å². The van der Waals surface area contributed by atoms with E-state index in [0.29, 0.717) is 28.4 Å². The molecule has 3 atom stereocenters. The van der Waals surface area contributed by atoms with Gasteiger partial charge in [0.1, 0.15) is 11.6 Å². The molecule has 2 bridgehead atoms. The fourth-order valence-corrected chi connectivity index (χ4v) is 6.12. The topological polar surface area (TPSA) is 72.0 Å². The molecule has 5 nitrogen and oxygen atoms in total. The molecule has 4 rings (SSSR count). The van der Waals surface area contributed by atoms with Crippen molar-refractivity contribution in [2.45, 2.75) is 25.3 Å². The summed E-state index contributed by atoms with van der Waals surface area (Å²) < 4.78 is 37.0. The minimum Gasteiger partial charge on any atom is -0.366 e. The first-order valence-electron chi connectivity index (χ1n) is 7.86. The highest BCUT2D eigenvalue weighted by molar-refractivity contribution is 7.91. The van der Waals surface area contributed by atoms with Crippen molar-refractivity contribution in [2.24, 2.45) is 11.8 Å². The molecule has 0 amide bonds. The number of aromatic nitrogens is 2. The lowest BCUT2D eigenvalue weighted by Gasteiger charge is -2.39. The molecule has 1 saturated heterocycles. The lowest BCUT2D eigenvalue weighted by molar-refractivity contribution is 0.269. The third kappa shape index (κ3) is 3.15. The van der Waals surface area contributed by atoms with Crippen LogP contribution in [0.5, 0.6) is 0 Å². The Morgan fingerprint density at radius 3 is 2.57 bits per heavy atom. The Morgan fingerprint density at radius 2 is 1.83 bits per heavy atom. The number of rotatable bonds is 2. The van der Waals surface area contributed by atoms with Crippen molar-refractivity contribution in [1.29, 1.82) is 0 Å². The van der Waals surface area contributed by atoms with Crippen LogP contribution < -0.4 is 5.32 Å². The maximum absolute atomic E-state index is 13.3. The first kappa shape index (κ1) is 14.8. The van der Waals surface area contributed by atoms with Crippen LogP contribution in [0.3, 0.4) is 0 Å². The number of nitrogens with one attached hydrogen (secondary N) is 1. The summed E-state index contributed by atoms with van der Waals surface area (Å²) in [6, 6.07) is 4.55. The molecule has 1 unspecified atom stereocenters. The summed E-state index contributed by atoms with van der Waals surface area (Å²) in [5, 5.41) is 3.36. The summed E-state index contributed by atoms with van der Waals surface area (Å²) in [6.07, 6.45) is 4.32. The van der Waals surface area contributed by atoms with E-state index in [2.05, 4.69) is 15.3 Å². The molecule has 2 heterocycles. The van der Waals surface area contributed by atoms with E-state index in [1.807, 2.05) is 0 Å². The lowest BCUT2D eigenvalue weighted by Crippen LogP contribution is -2.42. The van der Waals surface area contributed by atoms with E-state index in [9.17, 15) is 12.8 Å². The number of benzene rings is 1. The van der Waals surface area contributed by atoms with Crippen LogP contribution in [-0.2, 0) is 9.84 Å². The van der Waals surface area contributed by atoms with Gasteiger partial charge in [0.2, 0.25) is 0 Å². The average Bonchev–Trinajstić information content (AvgIpc) is 2.44. The predicted molar refractivity (Wildman–Crippen MR) is 86.4 cm³/mol. The zero-order valence-corrected chi connectivity index (χ0v) is 13.4. The normalized spacial score (nSPS) is 29.3.